The first-order chi connectivity index (χ1) is 27.9. The largest absolute Gasteiger partial charge is 0.498 e. The molecule has 0 saturated heterocycles. The highest BCUT2D eigenvalue weighted by Gasteiger charge is 2.14. The fourth-order valence-electron chi connectivity index (χ4n) is 8.16. The smallest absolute Gasteiger partial charge is 0.203 e. The van der Waals surface area contributed by atoms with Gasteiger partial charge in [-0.2, -0.15) is 0 Å². The van der Waals surface area contributed by atoms with Gasteiger partial charge in [-0.3, -0.25) is 10.1 Å². The van der Waals surface area contributed by atoms with E-state index in [1.165, 1.54) is 161 Å². The standard InChI is InChI=1S/C50H100N2O5/c1-6-10-14-18-20-22-29-39-49(37-27-17-13-9-4)46-57-50(53)40-30-24-32-42-51(43-33-34-44-52(54)55)41-31-23-25-35-47(5)56-45-48(36-26-16-12-8-3)38-28-21-19-15-11-7-2/h48-50,53H,5-46H2,1-4H3. The highest BCUT2D eigenvalue weighted by Crippen LogP contribution is 2.23. The highest BCUT2D eigenvalue weighted by atomic mass is 16.6. The zero-order chi connectivity index (χ0) is 41.9. The van der Waals surface area contributed by atoms with Gasteiger partial charge in [0, 0.05) is 17.8 Å². The third-order valence-corrected chi connectivity index (χ3v) is 12.1. The highest BCUT2D eigenvalue weighted by molar-refractivity contribution is 4.82. The van der Waals surface area contributed by atoms with E-state index < -0.39 is 6.29 Å². The molecule has 0 bridgehead atoms. The molecule has 0 rings (SSSR count). The van der Waals surface area contributed by atoms with Crippen molar-refractivity contribution < 1.29 is 19.5 Å². The minimum atomic E-state index is -0.661. The molecular weight excluding hydrogens is 709 g/mol. The minimum absolute atomic E-state index is 0.0606. The molecule has 7 nitrogen and oxygen atoms in total. The first-order valence-corrected chi connectivity index (χ1v) is 25.3. The Balaban J connectivity index is 4.53. The molecular formula is C50H100N2O5. The summed E-state index contributed by atoms with van der Waals surface area (Å²) < 4.78 is 12.3. The van der Waals surface area contributed by atoms with E-state index in [0.717, 1.165) is 83.4 Å². The molecule has 57 heavy (non-hydrogen) atoms. The number of hydrogen-bond acceptors (Lipinski definition) is 6. The lowest BCUT2D eigenvalue weighted by molar-refractivity contribution is -0.480. The number of allylic oxidation sites excluding steroid dienone is 1. The second-order valence-corrected chi connectivity index (χ2v) is 17.8. The summed E-state index contributed by atoms with van der Waals surface area (Å²) >= 11 is 0. The molecule has 0 aromatic rings. The van der Waals surface area contributed by atoms with Crippen LogP contribution in [-0.2, 0) is 9.47 Å². The van der Waals surface area contributed by atoms with Crippen LogP contribution in [0.15, 0.2) is 12.3 Å². The molecule has 0 heterocycles. The summed E-state index contributed by atoms with van der Waals surface area (Å²) in [6.07, 6.45) is 42.0. The van der Waals surface area contributed by atoms with Gasteiger partial charge in [-0.25, -0.2) is 0 Å². The second-order valence-electron chi connectivity index (χ2n) is 17.8. The van der Waals surface area contributed by atoms with Crippen molar-refractivity contribution in [2.45, 2.75) is 259 Å². The quantitative estimate of drug-likeness (QED) is 0.0217. The Morgan fingerprint density at radius 2 is 0.895 bits per heavy atom. The van der Waals surface area contributed by atoms with Crippen molar-refractivity contribution in [3.8, 4) is 0 Å². The maximum atomic E-state index is 10.9. The first-order valence-electron chi connectivity index (χ1n) is 25.3. The third kappa shape index (κ3) is 41.3. The van der Waals surface area contributed by atoms with Crippen molar-refractivity contribution in [3.05, 3.63) is 22.5 Å². The van der Waals surface area contributed by atoms with Crippen LogP contribution >= 0.6 is 0 Å². The van der Waals surface area contributed by atoms with Crippen LogP contribution < -0.4 is 0 Å². The van der Waals surface area contributed by atoms with Gasteiger partial charge in [-0.05, 0) is 95.7 Å². The molecule has 0 radical (unpaired) electrons. The fourth-order valence-corrected chi connectivity index (χ4v) is 8.16. The molecule has 0 aliphatic heterocycles. The summed E-state index contributed by atoms with van der Waals surface area (Å²) in [6, 6.07) is 0. The zero-order valence-electron chi connectivity index (χ0n) is 38.9. The number of nitrogens with zero attached hydrogens (tertiary/aromatic N) is 2. The molecule has 0 spiro atoms. The molecule has 0 saturated carbocycles. The maximum Gasteiger partial charge on any atom is 0.203 e. The van der Waals surface area contributed by atoms with Gasteiger partial charge in [0.15, 0.2) is 6.29 Å². The number of nitro groups is 1. The van der Waals surface area contributed by atoms with Crippen molar-refractivity contribution >= 4 is 0 Å². The number of ether oxygens (including phenoxy) is 2. The molecule has 3 unspecified atom stereocenters. The maximum absolute atomic E-state index is 10.9. The number of hydrogen-bond donors (Lipinski definition) is 1. The predicted octanol–water partition coefficient (Wildman–Crippen LogP) is 15.4. The van der Waals surface area contributed by atoms with Gasteiger partial charge < -0.3 is 19.5 Å². The number of aliphatic hydroxyl groups is 1. The van der Waals surface area contributed by atoms with E-state index in [-0.39, 0.29) is 11.5 Å². The molecule has 0 aromatic carbocycles. The van der Waals surface area contributed by atoms with Crippen LogP contribution in [0.1, 0.15) is 252 Å². The Bertz CT molecular complexity index is 842. The van der Waals surface area contributed by atoms with E-state index in [2.05, 4.69) is 39.2 Å². The van der Waals surface area contributed by atoms with Gasteiger partial charge in [0.25, 0.3) is 0 Å². The minimum Gasteiger partial charge on any atom is -0.498 e. The lowest BCUT2D eigenvalue weighted by atomic mass is 9.95. The summed E-state index contributed by atoms with van der Waals surface area (Å²) in [5.41, 5.74) is 0. The average Bonchev–Trinajstić information content (AvgIpc) is 3.20. The van der Waals surface area contributed by atoms with Crippen LogP contribution in [0.4, 0.5) is 0 Å². The summed E-state index contributed by atoms with van der Waals surface area (Å²) in [4.78, 5) is 13.2. The Morgan fingerprint density at radius 3 is 1.37 bits per heavy atom. The van der Waals surface area contributed by atoms with Crippen molar-refractivity contribution in [3.63, 3.8) is 0 Å². The Labute approximate surface area is 355 Å². The molecule has 0 aliphatic rings. The molecule has 3 atom stereocenters. The van der Waals surface area contributed by atoms with Crippen molar-refractivity contribution in [2.75, 3.05) is 39.4 Å². The molecule has 1 N–H and O–H groups in total. The van der Waals surface area contributed by atoms with Gasteiger partial charge in [-0.15, -0.1) is 0 Å². The van der Waals surface area contributed by atoms with E-state index >= 15 is 0 Å². The predicted molar refractivity (Wildman–Crippen MR) is 247 cm³/mol. The SMILES string of the molecule is C=C(CCCCCN(CCCCCC(O)OCC(CCCCCC)CCCCCCCCC)CCCC[N+](=O)[O-])OCC(CCCCCC)CCCCCCCC. The monoisotopic (exact) mass is 809 g/mol. The van der Waals surface area contributed by atoms with E-state index in [1.807, 2.05) is 0 Å². The fraction of sp³-hybridized carbons (Fsp3) is 0.960. The lowest BCUT2D eigenvalue weighted by Crippen LogP contribution is -2.27. The summed E-state index contributed by atoms with van der Waals surface area (Å²) in [5.74, 6) is 2.18. The normalized spacial score (nSPS) is 13.3. The number of aliphatic hydroxyl groups excluding tert-OH is 1. The topological polar surface area (TPSA) is 85.1 Å². The molecule has 340 valence electrons. The molecule has 0 amide bonds. The second kappa shape index (κ2) is 44.4. The van der Waals surface area contributed by atoms with Crippen LogP contribution in [0.3, 0.4) is 0 Å². The molecule has 0 aromatic heterocycles. The first kappa shape index (κ1) is 55.8. The molecule has 0 fully saturated rings. The van der Waals surface area contributed by atoms with Crippen LogP contribution in [0.5, 0.6) is 0 Å². The van der Waals surface area contributed by atoms with Crippen molar-refractivity contribution in [1.29, 1.82) is 0 Å². The molecule has 0 aliphatic carbocycles. The summed E-state index contributed by atoms with van der Waals surface area (Å²) in [5, 5.41) is 21.6. The Kier molecular flexibility index (Phi) is 43.5. The van der Waals surface area contributed by atoms with Crippen molar-refractivity contribution in [2.24, 2.45) is 11.8 Å². The van der Waals surface area contributed by atoms with Gasteiger partial charge in [0.1, 0.15) is 0 Å². The average molecular weight is 809 g/mol. The summed E-state index contributed by atoms with van der Waals surface area (Å²) in [7, 11) is 0. The van der Waals surface area contributed by atoms with Crippen LogP contribution in [0.25, 0.3) is 0 Å². The lowest BCUT2D eigenvalue weighted by Gasteiger charge is -2.22. The zero-order valence-corrected chi connectivity index (χ0v) is 38.9. The number of rotatable bonds is 48. The van der Waals surface area contributed by atoms with E-state index in [1.54, 1.807) is 0 Å². The van der Waals surface area contributed by atoms with E-state index in [9.17, 15) is 15.2 Å². The van der Waals surface area contributed by atoms with Crippen LogP contribution in [0, 0.1) is 22.0 Å². The van der Waals surface area contributed by atoms with Crippen LogP contribution in [-0.4, -0.2) is 60.6 Å². The van der Waals surface area contributed by atoms with Gasteiger partial charge in [0.05, 0.1) is 19.0 Å². The Morgan fingerprint density at radius 1 is 0.526 bits per heavy atom. The Hall–Kier alpha value is -1.18. The third-order valence-electron chi connectivity index (χ3n) is 12.1. The van der Waals surface area contributed by atoms with E-state index in [0.29, 0.717) is 31.3 Å². The van der Waals surface area contributed by atoms with Crippen molar-refractivity contribution in [1.82, 2.24) is 4.90 Å². The van der Waals surface area contributed by atoms with Crippen LogP contribution in [0.2, 0.25) is 0 Å². The van der Waals surface area contributed by atoms with Gasteiger partial charge >= 0.3 is 0 Å². The van der Waals surface area contributed by atoms with Gasteiger partial charge in [-0.1, -0.05) is 182 Å². The van der Waals surface area contributed by atoms with Gasteiger partial charge in [0.2, 0.25) is 6.54 Å². The molecule has 7 heteroatoms. The van der Waals surface area contributed by atoms with E-state index in [4.69, 9.17) is 9.47 Å². The number of unbranched alkanes of at least 4 members (excludes halogenated alkanes) is 22. The summed E-state index contributed by atoms with van der Waals surface area (Å²) in [6.45, 7) is 18.0.